The van der Waals surface area contributed by atoms with Crippen molar-refractivity contribution >= 4 is 23.7 Å². The molecule has 2 aliphatic heterocycles. The normalized spacial score (nSPS) is 17.2. The third-order valence-corrected chi connectivity index (χ3v) is 6.56. The lowest BCUT2D eigenvalue weighted by atomic mass is 9.94. The maximum Gasteiger partial charge on any atom is 0.305 e. The summed E-state index contributed by atoms with van der Waals surface area (Å²) >= 11 is 0. The molecule has 2 fully saturated rings. The van der Waals surface area contributed by atoms with Crippen molar-refractivity contribution in [3.8, 4) is 0 Å². The maximum absolute atomic E-state index is 12.6. The molecule has 0 atom stereocenters. The Bertz CT molecular complexity index is 611. The van der Waals surface area contributed by atoms with E-state index < -0.39 is 0 Å². The number of carbonyl (C=O) groups excluding carboxylic acids is 4. The topological polar surface area (TPSA) is 96.0 Å². The van der Waals surface area contributed by atoms with Gasteiger partial charge in [-0.1, -0.05) is 25.7 Å². The molecule has 8 nitrogen and oxygen atoms in total. The van der Waals surface area contributed by atoms with Gasteiger partial charge in [0.2, 0.25) is 17.7 Å². The van der Waals surface area contributed by atoms with Crippen molar-refractivity contribution in [1.82, 2.24) is 15.1 Å². The predicted octanol–water partition coefficient (Wildman–Crippen LogP) is 2.65. The molecular formula is C24H41N3O5. The van der Waals surface area contributed by atoms with Gasteiger partial charge in [0.1, 0.15) is 0 Å². The van der Waals surface area contributed by atoms with Crippen LogP contribution in [0.4, 0.5) is 0 Å². The zero-order valence-corrected chi connectivity index (χ0v) is 19.7. The van der Waals surface area contributed by atoms with Crippen LogP contribution in [-0.4, -0.2) is 73.3 Å². The van der Waals surface area contributed by atoms with Crippen molar-refractivity contribution in [2.45, 2.75) is 83.5 Å². The number of unbranched alkanes of at least 4 members (excludes halogenated alkanes) is 5. The molecule has 2 aliphatic rings. The number of ether oxygens (including phenoxy) is 1. The predicted molar refractivity (Wildman–Crippen MR) is 122 cm³/mol. The average Bonchev–Trinajstić information content (AvgIpc) is 2.84. The van der Waals surface area contributed by atoms with Gasteiger partial charge in [0, 0.05) is 44.9 Å². The molecule has 1 N–H and O–H groups in total. The van der Waals surface area contributed by atoms with E-state index in [0.29, 0.717) is 38.8 Å². The van der Waals surface area contributed by atoms with Crippen LogP contribution < -0.4 is 5.32 Å². The molecule has 3 amide bonds. The first-order valence-electron chi connectivity index (χ1n) is 12.4. The SMILES string of the molecule is COC(=O)CCCCCCCCC(=O)NCC(=O)N1CCC(C(=O)N2CCCCC2)CC1. The van der Waals surface area contributed by atoms with Gasteiger partial charge in [-0.2, -0.15) is 0 Å². The van der Waals surface area contributed by atoms with Gasteiger partial charge in [0.15, 0.2) is 0 Å². The second-order valence-electron chi connectivity index (χ2n) is 9.02. The Morgan fingerprint density at radius 2 is 1.38 bits per heavy atom. The number of esters is 1. The van der Waals surface area contributed by atoms with Crippen LogP contribution in [0.3, 0.4) is 0 Å². The molecule has 0 aliphatic carbocycles. The lowest BCUT2D eigenvalue weighted by molar-refractivity contribution is -0.141. The van der Waals surface area contributed by atoms with Crippen LogP contribution in [0, 0.1) is 5.92 Å². The zero-order valence-electron chi connectivity index (χ0n) is 19.7. The van der Waals surface area contributed by atoms with E-state index in [0.717, 1.165) is 64.5 Å². The van der Waals surface area contributed by atoms with Gasteiger partial charge in [-0.15, -0.1) is 0 Å². The van der Waals surface area contributed by atoms with Crippen molar-refractivity contribution in [3.05, 3.63) is 0 Å². The molecule has 0 aromatic carbocycles. The number of nitrogens with zero attached hydrogens (tertiary/aromatic N) is 2. The zero-order chi connectivity index (χ0) is 23.2. The highest BCUT2D eigenvalue weighted by molar-refractivity contribution is 5.85. The quantitative estimate of drug-likeness (QED) is 0.363. The van der Waals surface area contributed by atoms with Gasteiger partial charge in [-0.05, 0) is 44.9 Å². The number of amides is 3. The number of carbonyl (C=O) groups is 4. The standard InChI is InChI=1S/C24H41N3O5/c1-32-23(30)12-8-5-3-2-4-7-11-21(28)25-19-22(29)26-17-13-20(14-18-26)24(31)27-15-9-6-10-16-27/h20H,2-19H2,1H3,(H,25,28). The number of methoxy groups -OCH3 is 1. The summed E-state index contributed by atoms with van der Waals surface area (Å²) < 4.78 is 4.61. The fourth-order valence-electron chi connectivity index (χ4n) is 4.49. The van der Waals surface area contributed by atoms with Crippen LogP contribution in [0.5, 0.6) is 0 Å². The molecule has 0 unspecified atom stereocenters. The van der Waals surface area contributed by atoms with E-state index in [2.05, 4.69) is 10.1 Å². The van der Waals surface area contributed by atoms with Crippen LogP contribution in [0.25, 0.3) is 0 Å². The van der Waals surface area contributed by atoms with Gasteiger partial charge in [-0.3, -0.25) is 19.2 Å². The minimum Gasteiger partial charge on any atom is -0.469 e. The van der Waals surface area contributed by atoms with Gasteiger partial charge >= 0.3 is 5.97 Å². The highest BCUT2D eigenvalue weighted by atomic mass is 16.5. The Hall–Kier alpha value is -2.12. The molecule has 8 heteroatoms. The Morgan fingerprint density at radius 3 is 2.00 bits per heavy atom. The summed E-state index contributed by atoms with van der Waals surface area (Å²) in [5.41, 5.74) is 0. The second-order valence-corrected chi connectivity index (χ2v) is 9.02. The Labute approximate surface area is 192 Å². The number of rotatable bonds is 12. The van der Waals surface area contributed by atoms with Crippen LogP contribution in [0.1, 0.15) is 83.5 Å². The molecule has 0 saturated carbocycles. The van der Waals surface area contributed by atoms with E-state index in [4.69, 9.17) is 0 Å². The van der Waals surface area contributed by atoms with E-state index >= 15 is 0 Å². The highest BCUT2D eigenvalue weighted by Gasteiger charge is 2.30. The van der Waals surface area contributed by atoms with Crippen LogP contribution in [-0.2, 0) is 23.9 Å². The van der Waals surface area contributed by atoms with E-state index in [-0.39, 0.29) is 36.2 Å². The summed E-state index contributed by atoms with van der Waals surface area (Å²) in [5, 5.41) is 2.74. The summed E-state index contributed by atoms with van der Waals surface area (Å²) in [6.45, 7) is 2.97. The van der Waals surface area contributed by atoms with Crippen LogP contribution in [0.15, 0.2) is 0 Å². The summed E-state index contributed by atoms with van der Waals surface area (Å²) in [4.78, 5) is 51.8. The lowest BCUT2D eigenvalue weighted by Crippen LogP contribution is -2.47. The maximum atomic E-state index is 12.6. The fraction of sp³-hybridized carbons (Fsp3) is 0.833. The van der Waals surface area contributed by atoms with Crippen molar-refractivity contribution in [1.29, 1.82) is 0 Å². The monoisotopic (exact) mass is 451 g/mol. The van der Waals surface area contributed by atoms with Crippen LogP contribution >= 0.6 is 0 Å². The number of piperidine rings is 2. The van der Waals surface area contributed by atoms with Gasteiger partial charge in [0.25, 0.3) is 0 Å². The molecule has 2 heterocycles. The first-order valence-corrected chi connectivity index (χ1v) is 12.4. The molecule has 2 rings (SSSR count). The Morgan fingerprint density at radius 1 is 0.781 bits per heavy atom. The average molecular weight is 452 g/mol. The van der Waals surface area contributed by atoms with E-state index in [1.54, 1.807) is 4.90 Å². The first kappa shape index (κ1) is 26.1. The molecular weight excluding hydrogens is 410 g/mol. The summed E-state index contributed by atoms with van der Waals surface area (Å²) in [6, 6.07) is 0. The second kappa shape index (κ2) is 14.9. The minimum atomic E-state index is -0.161. The van der Waals surface area contributed by atoms with E-state index in [1.807, 2.05) is 4.90 Å². The van der Waals surface area contributed by atoms with Crippen molar-refractivity contribution in [2.75, 3.05) is 39.8 Å². The molecule has 0 aromatic rings. The summed E-state index contributed by atoms with van der Waals surface area (Å²) in [6.07, 6.45) is 11.4. The number of hydrogen-bond donors (Lipinski definition) is 1. The number of likely N-dealkylation sites (tertiary alicyclic amines) is 2. The molecule has 182 valence electrons. The molecule has 0 bridgehead atoms. The Balaban J connectivity index is 1.49. The largest absolute Gasteiger partial charge is 0.469 e. The molecule has 32 heavy (non-hydrogen) atoms. The van der Waals surface area contributed by atoms with Crippen molar-refractivity contribution in [2.24, 2.45) is 5.92 Å². The first-order chi connectivity index (χ1) is 15.5. The summed E-state index contributed by atoms with van der Waals surface area (Å²) in [5.74, 6) is -0.0145. The van der Waals surface area contributed by atoms with Crippen molar-refractivity contribution in [3.63, 3.8) is 0 Å². The number of nitrogens with one attached hydrogen (secondary N) is 1. The van der Waals surface area contributed by atoms with Crippen molar-refractivity contribution < 1.29 is 23.9 Å². The van der Waals surface area contributed by atoms with E-state index in [1.165, 1.54) is 13.5 Å². The van der Waals surface area contributed by atoms with E-state index in [9.17, 15) is 19.2 Å². The molecule has 0 radical (unpaired) electrons. The minimum absolute atomic E-state index is 0.0345. The smallest absolute Gasteiger partial charge is 0.305 e. The van der Waals surface area contributed by atoms with Gasteiger partial charge < -0.3 is 19.9 Å². The lowest BCUT2D eigenvalue weighted by Gasteiger charge is -2.35. The Kier molecular flexibility index (Phi) is 12.1. The molecule has 0 aromatic heterocycles. The fourth-order valence-corrected chi connectivity index (χ4v) is 4.49. The summed E-state index contributed by atoms with van der Waals surface area (Å²) in [7, 11) is 1.40. The third-order valence-electron chi connectivity index (χ3n) is 6.56. The highest BCUT2D eigenvalue weighted by Crippen LogP contribution is 2.22. The molecule has 0 spiro atoms. The van der Waals surface area contributed by atoms with Crippen LogP contribution in [0.2, 0.25) is 0 Å². The third kappa shape index (κ3) is 9.57. The van der Waals surface area contributed by atoms with Gasteiger partial charge in [0.05, 0.1) is 13.7 Å². The van der Waals surface area contributed by atoms with Gasteiger partial charge in [-0.25, -0.2) is 0 Å². The number of hydrogen-bond acceptors (Lipinski definition) is 5. The molecule has 2 saturated heterocycles.